The Bertz CT molecular complexity index is 4440. The maximum atomic E-state index is 6.81. The van der Waals surface area contributed by atoms with Crippen LogP contribution < -0.4 is 14.5 Å². The number of anilines is 4. The van der Waals surface area contributed by atoms with E-state index < -0.39 is 5.41 Å². The normalized spacial score (nSPS) is 14.7. The van der Waals surface area contributed by atoms with Crippen molar-refractivity contribution in [2.75, 3.05) is 9.80 Å². The molecule has 2 aromatic heterocycles. The zero-order valence-electron chi connectivity index (χ0n) is 49.6. The third kappa shape index (κ3) is 9.49. The molecule has 10 aromatic carbocycles. The third-order valence-corrected chi connectivity index (χ3v) is 17.3. The molecule has 0 amide bonds. The predicted octanol–water partition coefficient (Wildman–Crippen LogP) is 20.6. The summed E-state index contributed by atoms with van der Waals surface area (Å²) in [6.07, 6.45) is 1.91. The summed E-state index contributed by atoms with van der Waals surface area (Å²) in [5.74, 6) is 2.01. The van der Waals surface area contributed by atoms with Gasteiger partial charge in [-0.05, 0) is 125 Å². The van der Waals surface area contributed by atoms with Crippen LogP contribution in [0.3, 0.4) is 0 Å². The summed E-state index contributed by atoms with van der Waals surface area (Å²) in [5, 5.41) is 2.21. The molecule has 14 rings (SSSR count). The van der Waals surface area contributed by atoms with E-state index in [0.29, 0.717) is 11.5 Å². The molecule has 422 valence electrons. The molecule has 6 heteroatoms. The van der Waals surface area contributed by atoms with E-state index in [1.807, 2.05) is 24.4 Å². The Morgan fingerprint density at radius 2 is 1.01 bits per heavy atom. The number of benzene rings is 10. The smallest absolute Gasteiger partial charge is 0.135 e. The molecule has 5 nitrogen and oxygen atoms in total. The van der Waals surface area contributed by atoms with Crippen LogP contribution >= 0.6 is 0 Å². The molecule has 1 atom stereocenters. The van der Waals surface area contributed by atoms with Gasteiger partial charge < -0.3 is 19.1 Å². The van der Waals surface area contributed by atoms with E-state index in [9.17, 15) is 0 Å². The van der Waals surface area contributed by atoms with E-state index in [4.69, 9.17) is 9.72 Å². The molecule has 0 bridgehead atoms. The second-order valence-corrected chi connectivity index (χ2v) is 25.7. The number of hydrogen-bond acceptors (Lipinski definition) is 4. The average Bonchev–Trinajstić information content (AvgIpc) is 1.68. The molecule has 85 heavy (non-hydrogen) atoms. The molecule has 12 aromatic rings. The molecule has 3 heterocycles. The van der Waals surface area contributed by atoms with E-state index >= 15 is 0 Å². The van der Waals surface area contributed by atoms with Crippen molar-refractivity contribution in [2.24, 2.45) is 0 Å². The number of nitrogens with zero attached hydrogens (tertiary/aromatic N) is 4. The van der Waals surface area contributed by atoms with Crippen LogP contribution in [0.4, 0.5) is 22.7 Å². The van der Waals surface area contributed by atoms with Gasteiger partial charge in [-0.15, -0.1) is 48.1 Å². The van der Waals surface area contributed by atoms with Gasteiger partial charge in [0.05, 0.1) is 5.41 Å². The summed E-state index contributed by atoms with van der Waals surface area (Å²) in [5.41, 5.74) is 21.1. The van der Waals surface area contributed by atoms with Gasteiger partial charge in [-0.3, -0.25) is 0 Å². The molecule has 0 spiro atoms. The molecule has 0 radical (unpaired) electrons. The fourth-order valence-electron chi connectivity index (χ4n) is 13.0. The summed E-state index contributed by atoms with van der Waals surface area (Å²) < 4.78 is 9.01. The first-order chi connectivity index (χ1) is 40.5. The van der Waals surface area contributed by atoms with Crippen molar-refractivity contribution in [2.45, 2.75) is 84.0 Å². The fraction of sp³-hybridized carbons (Fsp3) is 0.165. The van der Waals surface area contributed by atoms with Gasteiger partial charge in [0.1, 0.15) is 5.82 Å². The zero-order chi connectivity index (χ0) is 57.7. The second-order valence-electron chi connectivity index (χ2n) is 25.7. The number of aromatic nitrogens is 2. The van der Waals surface area contributed by atoms with Gasteiger partial charge in [0.25, 0.3) is 0 Å². The minimum atomic E-state index is -0.675. The standard InChI is InChI=1S/C79H67N4O.Pt/c1-76(2,3)54-35-37-55(38-36-54)79(68-31-18-16-29-62(68)67-45-56(77(4,5)6)39-42-69(67)79)58-46-65(52-23-12-10-13-24-52)75(66(47-58)53-25-14-11-15-26-53)82-51-81(71-33-20-21-34-72(71)82)59-27-22-28-60(49-59)84-61-40-41-64-63-30-17-19-32-70(63)83(73(64)50-61)74-48-57(43-44-80-74)78(7,8)9;/h10-48,51H,1-9H3;/q-3;. The molecular weight excluding hydrogens is 1220 g/mol. The first-order valence-corrected chi connectivity index (χ1v) is 29.3. The number of fused-ring (bicyclic) bond motifs is 7. The van der Waals surface area contributed by atoms with Gasteiger partial charge in [0, 0.05) is 72.5 Å². The molecule has 0 N–H and O–H groups in total. The number of ether oxygens (including phenoxy) is 1. The minimum absolute atomic E-state index is 0. The van der Waals surface area contributed by atoms with Crippen molar-refractivity contribution in [3.05, 3.63) is 294 Å². The number of pyridine rings is 1. The number of rotatable bonds is 9. The largest absolute Gasteiger partial charge is 0.509 e. The fourth-order valence-corrected chi connectivity index (χ4v) is 13.0. The van der Waals surface area contributed by atoms with Crippen LogP contribution in [0.1, 0.15) is 101 Å². The molecule has 0 saturated heterocycles. The van der Waals surface area contributed by atoms with Crippen molar-refractivity contribution < 1.29 is 25.8 Å². The van der Waals surface area contributed by atoms with Crippen LogP contribution in [0.25, 0.3) is 61.0 Å². The maximum absolute atomic E-state index is 6.81. The van der Waals surface area contributed by atoms with Crippen LogP contribution in [0.5, 0.6) is 11.5 Å². The van der Waals surface area contributed by atoms with Crippen molar-refractivity contribution in [1.82, 2.24) is 9.55 Å². The maximum Gasteiger partial charge on any atom is 0.135 e. The molecule has 1 aliphatic carbocycles. The molecule has 1 aliphatic heterocycles. The van der Waals surface area contributed by atoms with Gasteiger partial charge in [0.15, 0.2) is 0 Å². The summed E-state index contributed by atoms with van der Waals surface area (Å²) >= 11 is 0. The molecule has 0 fully saturated rings. The quantitative estimate of drug-likeness (QED) is 0.135. The van der Waals surface area contributed by atoms with E-state index in [1.54, 1.807) is 0 Å². The Kier molecular flexibility index (Phi) is 13.7. The van der Waals surface area contributed by atoms with Crippen LogP contribution in [0, 0.1) is 18.8 Å². The Hall–Kier alpha value is -8.76. The van der Waals surface area contributed by atoms with Crippen molar-refractivity contribution >= 4 is 44.6 Å². The van der Waals surface area contributed by atoms with Crippen molar-refractivity contribution in [3.63, 3.8) is 0 Å². The Labute approximate surface area is 515 Å². The Morgan fingerprint density at radius 3 is 1.69 bits per heavy atom. The Morgan fingerprint density at radius 1 is 0.435 bits per heavy atom. The summed E-state index contributed by atoms with van der Waals surface area (Å²) in [4.78, 5) is 9.55. The van der Waals surface area contributed by atoms with Gasteiger partial charge in [-0.2, -0.15) is 12.1 Å². The summed E-state index contributed by atoms with van der Waals surface area (Å²) in [6.45, 7) is 22.8. The van der Waals surface area contributed by atoms with Gasteiger partial charge in [0.2, 0.25) is 0 Å². The first-order valence-electron chi connectivity index (χ1n) is 29.3. The van der Waals surface area contributed by atoms with Crippen molar-refractivity contribution in [1.29, 1.82) is 0 Å². The van der Waals surface area contributed by atoms with E-state index in [1.165, 1.54) is 50.1 Å². The van der Waals surface area contributed by atoms with Gasteiger partial charge >= 0.3 is 0 Å². The average molecular weight is 1280 g/mol. The summed E-state index contributed by atoms with van der Waals surface area (Å²) in [6, 6.07) is 92.0. The van der Waals surface area contributed by atoms with E-state index in [2.05, 4.69) is 308 Å². The molecule has 2 aliphatic rings. The van der Waals surface area contributed by atoms with E-state index in [0.717, 1.165) is 72.6 Å². The Balaban J connectivity index is 0.00000672. The zero-order valence-corrected chi connectivity index (χ0v) is 51.9. The molecular formula is C79H67N4OPt-3. The van der Waals surface area contributed by atoms with Crippen LogP contribution in [0.15, 0.2) is 237 Å². The number of hydrogen-bond donors (Lipinski definition) is 0. The van der Waals surface area contributed by atoms with E-state index in [-0.39, 0.29) is 37.3 Å². The van der Waals surface area contributed by atoms with Gasteiger partial charge in [-0.25, -0.2) is 4.98 Å². The first kappa shape index (κ1) is 55.4. The topological polar surface area (TPSA) is 33.5 Å². The minimum Gasteiger partial charge on any atom is -0.509 e. The summed E-state index contributed by atoms with van der Waals surface area (Å²) in [7, 11) is 0. The molecule has 0 saturated carbocycles. The van der Waals surface area contributed by atoms with Crippen LogP contribution in [-0.2, 0) is 42.7 Å². The van der Waals surface area contributed by atoms with Gasteiger partial charge in [-0.1, -0.05) is 226 Å². The predicted molar refractivity (Wildman–Crippen MR) is 349 cm³/mol. The second kappa shape index (κ2) is 21.1. The SMILES string of the molecule is CC(C)(C)c1ccc(C2(c3cc(-c4ccccc4)c(N4[CH-]N(c5[c-]c(Oc6[c-]c7c(cc6)c6ccccc6n7-c6cc(C(C)(C)C)ccn6)ccc5)c5ccccc54)c(-c4ccccc4)c3)c3ccccc3-c3cc(C(C)(C)C)ccc32)cc1.[Pt]. The van der Waals surface area contributed by atoms with Crippen LogP contribution in [0.2, 0.25) is 0 Å². The van der Waals surface area contributed by atoms with Crippen molar-refractivity contribution in [3.8, 4) is 50.7 Å². The third-order valence-electron chi connectivity index (χ3n) is 17.3. The molecule has 1 unspecified atom stereocenters. The number of para-hydroxylation sites is 3. The monoisotopic (exact) mass is 1280 g/mol. The van der Waals surface area contributed by atoms with Crippen LogP contribution in [-0.4, -0.2) is 9.55 Å².